The van der Waals surface area contributed by atoms with E-state index < -0.39 is 39.1 Å². The molecule has 0 atom stereocenters. The average Bonchev–Trinajstić information content (AvgIpc) is 2.55. The maximum absolute atomic E-state index is 13.7. The van der Waals surface area contributed by atoms with E-state index in [1.807, 2.05) is 4.72 Å². The van der Waals surface area contributed by atoms with Gasteiger partial charge in [-0.1, -0.05) is 6.07 Å². The molecule has 0 spiro atoms. The number of nitrogens with one attached hydrogen (secondary N) is 2. The first-order valence-electron chi connectivity index (χ1n) is 7.19. The van der Waals surface area contributed by atoms with E-state index in [0.717, 1.165) is 12.1 Å². The van der Waals surface area contributed by atoms with E-state index in [0.29, 0.717) is 6.07 Å². The number of carbonyl (C=O) groups is 1. The van der Waals surface area contributed by atoms with Gasteiger partial charge in [-0.15, -0.1) is 0 Å². The molecule has 0 heterocycles. The Labute approximate surface area is 142 Å². The predicted octanol–water partition coefficient (Wildman–Crippen LogP) is 3.04. The summed E-state index contributed by atoms with van der Waals surface area (Å²) in [5.41, 5.74) is -0.654. The highest BCUT2D eigenvalue weighted by Crippen LogP contribution is 2.23. The van der Waals surface area contributed by atoms with E-state index in [2.05, 4.69) is 5.32 Å². The predicted molar refractivity (Wildman–Crippen MR) is 86.2 cm³/mol. The van der Waals surface area contributed by atoms with Crippen LogP contribution >= 0.6 is 0 Å². The van der Waals surface area contributed by atoms with Gasteiger partial charge in [-0.3, -0.25) is 9.52 Å². The summed E-state index contributed by atoms with van der Waals surface area (Å²) in [5.74, 6) is -5.36. The van der Waals surface area contributed by atoms with Gasteiger partial charge in [-0.25, -0.2) is 21.6 Å². The Balaban J connectivity index is 2.35. The summed E-state index contributed by atoms with van der Waals surface area (Å²) >= 11 is 0. The number of rotatable bonds is 5. The van der Waals surface area contributed by atoms with Gasteiger partial charge in [0.2, 0.25) is 0 Å². The quantitative estimate of drug-likeness (QED) is 0.792. The second-order valence-electron chi connectivity index (χ2n) is 5.48. The van der Waals surface area contributed by atoms with Crippen molar-refractivity contribution in [3.05, 3.63) is 59.4 Å². The monoisotopic (exact) mass is 372 g/mol. The van der Waals surface area contributed by atoms with Gasteiger partial charge in [-0.2, -0.15) is 0 Å². The van der Waals surface area contributed by atoms with Crippen LogP contribution in [0.15, 0.2) is 41.3 Å². The smallest absolute Gasteiger partial charge is 0.262 e. The molecule has 5 nitrogen and oxygen atoms in total. The molecule has 2 aromatic rings. The first-order chi connectivity index (χ1) is 11.6. The number of carbonyl (C=O) groups excluding carboxylic acids is 1. The lowest BCUT2D eigenvalue weighted by atomic mass is 10.2. The highest BCUT2D eigenvalue weighted by atomic mass is 32.2. The Morgan fingerprint density at radius 3 is 2.36 bits per heavy atom. The highest BCUT2D eigenvalue weighted by Gasteiger charge is 2.21. The van der Waals surface area contributed by atoms with Crippen molar-refractivity contribution >= 4 is 21.6 Å². The molecule has 2 rings (SSSR count). The zero-order valence-electron chi connectivity index (χ0n) is 13.3. The fourth-order valence-corrected chi connectivity index (χ4v) is 3.06. The standard InChI is InChI=1S/C16H15F3N2O3S/c1-9(2)20-16(22)10-4-3-5-11(8-10)25(23,24)21-13-7-6-12(17)14(18)15(13)19/h3-9,21H,1-2H3,(H,20,22). The van der Waals surface area contributed by atoms with Crippen LogP contribution < -0.4 is 10.0 Å². The summed E-state index contributed by atoms with van der Waals surface area (Å²) < 4.78 is 66.3. The SMILES string of the molecule is CC(C)NC(=O)c1cccc(S(=O)(=O)Nc2ccc(F)c(F)c2F)c1. The third-order valence-corrected chi connectivity index (χ3v) is 4.47. The van der Waals surface area contributed by atoms with Crippen molar-refractivity contribution in [1.29, 1.82) is 0 Å². The lowest BCUT2D eigenvalue weighted by Gasteiger charge is -2.12. The van der Waals surface area contributed by atoms with Gasteiger partial charge in [0.05, 0.1) is 10.6 Å². The molecule has 0 radical (unpaired) electrons. The Morgan fingerprint density at radius 2 is 1.72 bits per heavy atom. The molecular weight excluding hydrogens is 357 g/mol. The number of amides is 1. The minimum atomic E-state index is -4.31. The van der Waals surface area contributed by atoms with Gasteiger partial charge < -0.3 is 5.32 Å². The summed E-state index contributed by atoms with van der Waals surface area (Å²) in [7, 11) is -4.31. The molecule has 0 unspecified atom stereocenters. The van der Waals surface area contributed by atoms with Crippen LogP contribution in [0.3, 0.4) is 0 Å². The number of hydrogen-bond acceptors (Lipinski definition) is 3. The van der Waals surface area contributed by atoms with Crippen molar-refractivity contribution in [3.63, 3.8) is 0 Å². The molecule has 0 aliphatic carbocycles. The Hall–Kier alpha value is -2.55. The molecule has 0 fully saturated rings. The minimum Gasteiger partial charge on any atom is -0.350 e. The average molecular weight is 372 g/mol. The number of hydrogen-bond donors (Lipinski definition) is 2. The molecule has 0 saturated heterocycles. The maximum atomic E-state index is 13.7. The lowest BCUT2D eigenvalue weighted by molar-refractivity contribution is 0.0943. The zero-order valence-corrected chi connectivity index (χ0v) is 14.1. The maximum Gasteiger partial charge on any atom is 0.262 e. The van der Waals surface area contributed by atoms with E-state index in [9.17, 15) is 26.4 Å². The van der Waals surface area contributed by atoms with Crippen molar-refractivity contribution in [2.24, 2.45) is 0 Å². The van der Waals surface area contributed by atoms with Crippen molar-refractivity contribution < 1.29 is 26.4 Å². The molecule has 0 saturated carbocycles. The van der Waals surface area contributed by atoms with E-state index in [1.54, 1.807) is 13.8 Å². The van der Waals surface area contributed by atoms with Crippen LogP contribution in [0.25, 0.3) is 0 Å². The third kappa shape index (κ3) is 4.30. The fraction of sp³-hybridized carbons (Fsp3) is 0.188. The summed E-state index contributed by atoms with van der Waals surface area (Å²) in [6.07, 6.45) is 0. The normalized spacial score (nSPS) is 11.4. The zero-order chi connectivity index (χ0) is 18.8. The molecule has 1 amide bonds. The Morgan fingerprint density at radius 1 is 1.04 bits per heavy atom. The van der Waals surface area contributed by atoms with Crippen LogP contribution in [0.2, 0.25) is 0 Å². The summed E-state index contributed by atoms with van der Waals surface area (Å²) in [6.45, 7) is 3.48. The van der Waals surface area contributed by atoms with Crippen molar-refractivity contribution in [3.8, 4) is 0 Å². The second kappa shape index (κ2) is 7.14. The lowest BCUT2D eigenvalue weighted by Crippen LogP contribution is -2.30. The largest absolute Gasteiger partial charge is 0.350 e. The molecule has 0 bridgehead atoms. The highest BCUT2D eigenvalue weighted by molar-refractivity contribution is 7.92. The molecule has 2 aromatic carbocycles. The first-order valence-corrected chi connectivity index (χ1v) is 8.67. The van der Waals surface area contributed by atoms with E-state index in [-0.39, 0.29) is 16.5 Å². The van der Waals surface area contributed by atoms with Crippen molar-refractivity contribution in [2.45, 2.75) is 24.8 Å². The molecule has 0 aliphatic heterocycles. The van der Waals surface area contributed by atoms with Gasteiger partial charge in [0.1, 0.15) is 0 Å². The molecule has 134 valence electrons. The van der Waals surface area contributed by atoms with Gasteiger partial charge in [-0.05, 0) is 44.2 Å². The van der Waals surface area contributed by atoms with Crippen LogP contribution in [0.5, 0.6) is 0 Å². The topological polar surface area (TPSA) is 75.3 Å². The second-order valence-corrected chi connectivity index (χ2v) is 7.17. The summed E-state index contributed by atoms with van der Waals surface area (Å²) in [4.78, 5) is 11.6. The van der Waals surface area contributed by atoms with Gasteiger partial charge in [0.15, 0.2) is 17.5 Å². The molecule has 25 heavy (non-hydrogen) atoms. The van der Waals surface area contributed by atoms with Crippen LogP contribution in [-0.4, -0.2) is 20.4 Å². The molecule has 0 aromatic heterocycles. The summed E-state index contributed by atoms with van der Waals surface area (Å²) in [6, 6.07) is 6.25. The van der Waals surface area contributed by atoms with Gasteiger partial charge in [0.25, 0.3) is 15.9 Å². The van der Waals surface area contributed by atoms with Crippen molar-refractivity contribution in [1.82, 2.24) is 5.32 Å². The third-order valence-electron chi connectivity index (χ3n) is 3.11. The molecular formula is C16H15F3N2O3S. The van der Waals surface area contributed by atoms with Gasteiger partial charge >= 0.3 is 0 Å². The Kier molecular flexibility index (Phi) is 5.36. The van der Waals surface area contributed by atoms with Crippen LogP contribution in [-0.2, 0) is 10.0 Å². The molecule has 0 aliphatic rings. The van der Waals surface area contributed by atoms with E-state index >= 15 is 0 Å². The molecule has 9 heteroatoms. The number of anilines is 1. The number of sulfonamides is 1. The van der Waals surface area contributed by atoms with Crippen LogP contribution in [0, 0.1) is 17.5 Å². The minimum absolute atomic E-state index is 0.0855. The van der Waals surface area contributed by atoms with Crippen LogP contribution in [0.1, 0.15) is 24.2 Å². The van der Waals surface area contributed by atoms with Crippen LogP contribution in [0.4, 0.5) is 18.9 Å². The first kappa shape index (κ1) is 18.8. The molecule has 2 N–H and O–H groups in total. The fourth-order valence-electron chi connectivity index (χ4n) is 1.96. The number of halogens is 3. The van der Waals surface area contributed by atoms with Crippen molar-refractivity contribution in [2.75, 3.05) is 4.72 Å². The van der Waals surface area contributed by atoms with E-state index in [1.165, 1.54) is 18.2 Å². The Bertz CT molecular complexity index is 915. The van der Waals surface area contributed by atoms with Gasteiger partial charge in [0, 0.05) is 11.6 Å². The number of benzene rings is 2. The summed E-state index contributed by atoms with van der Waals surface area (Å²) in [5, 5.41) is 2.60. The van der Waals surface area contributed by atoms with E-state index in [4.69, 9.17) is 0 Å².